The molecular weight excluding hydrogens is 316 g/mol. The molecule has 0 fully saturated rings. The van der Waals surface area contributed by atoms with E-state index in [9.17, 15) is 27.2 Å². The fourth-order valence-electron chi connectivity index (χ4n) is 2.42. The van der Waals surface area contributed by atoms with Crippen molar-refractivity contribution >= 4 is 17.5 Å². The maximum atomic E-state index is 13.8. The lowest BCUT2D eigenvalue weighted by Gasteiger charge is -2.19. The van der Waals surface area contributed by atoms with Crippen molar-refractivity contribution in [3.8, 4) is 0 Å². The number of aryl methyl sites for hydroxylation is 1. The van der Waals surface area contributed by atoms with Gasteiger partial charge in [-0.1, -0.05) is 6.07 Å². The highest BCUT2D eigenvalue weighted by atomic mass is 19.4. The Balaban J connectivity index is 2.21. The minimum Gasteiger partial charge on any atom is -0.268 e. The van der Waals surface area contributed by atoms with Gasteiger partial charge in [-0.15, -0.1) is 0 Å². The second-order valence-corrected chi connectivity index (χ2v) is 4.95. The highest BCUT2D eigenvalue weighted by Crippen LogP contribution is 2.39. The van der Waals surface area contributed by atoms with Crippen LogP contribution in [0.15, 0.2) is 30.5 Å². The Kier molecular flexibility index (Phi) is 3.20. The fraction of sp³-hybridized carbons (Fsp3) is 0.133. The Labute approximate surface area is 127 Å². The van der Waals surface area contributed by atoms with Gasteiger partial charge in [-0.3, -0.25) is 14.6 Å². The summed E-state index contributed by atoms with van der Waals surface area (Å²) in [5.41, 5.74) is -2.63. The van der Waals surface area contributed by atoms with Crippen LogP contribution in [0.4, 0.5) is 23.2 Å². The number of alkyl halides is 3. The van der Waals surface area contributed by atoms with Gasteiger partial charge in [0.15, 0.2) is 0 Å². The summed E-state index contributed by atoms with van der Waals surface area (Å²) in [6.07, 6.45) is -4.01. The highest BCUT2D eigenvalue weighted by molar-refractivity contribution is 6.34. The van der Waals surface area contributed by atoms with Gasteiger partial charge in [-0.25, -0.2) is 9.29 Å². The largest absolute Gasteiger partial charge is 0.418 e. The Hall–Kier alpha value is -2.77. The van der Waals surface area contributed by atoms with Crippen LogP contribution in [-0.2, 0) is 6.18 Å². The number of amides is 2. The molecular formula is C15H8F4N2O2. The first-order chi connectivity index (χ1) is 10.7. The molecule has 8 heteroatoms. The van der Waals surface area contributed by atoms with Crippen LogP contribution in [0.1, 0.15) is 32.0 Å². The van der Waals surface area contributed by atoms with Crippen LogP contribution in [0.5, 0.6) is 0 Å². The normalized spacial score (nSPS) is 14.4. The van der Waals surface area contributed by atoms with E-state index in [0.717, 1.165) is 18.3 Å². The molecule has 0 bridgehead atoms. The number of aromatic nitrogens is 1. The summed E-state index contributed by atoms with van der Waals surface area (Å²) < 4.78 is 53.3. The monoisotopic (exact) mass is 324 g/mol. The molecule has 0 aliphatic carbocycles. The molecule has 3 rings (SSSR count). The average Bonchev–Trinajstić information content (AvgIpc) is 2.71. The molecule has 1 aromatic heterocycles. The van der Waals surface area contributed by atoms with Crippen LogP contribution in [0, 0.1) is 12.7 Å². The predicted octanol–water partition coefficient (Wildman–Crippen LogP) is 3.35. The molecule has 23 heavy (non-hydrogen) atoms. The van der Waals surface area contributed by atoms with E-state index in [1.165, 1.54) is 19.1 Å². The smallest absolute Gasteiger partial charge is 0.268 e. The number of halogens is 4. The molecule has 0 atom stereocenters. The Morgan fingerprint density at radius 3 is 2.43 bits per heavy atom. The molecule has 0 radical (unpaired) electrons. The van der Waals surface area contributed by atoms with Crippen molar-refractivity contribution in [3.05, 3.63) is 58.7 Å². The fourth-order valence-corrected chi connectivity index (χ4v) is 2.42. The van der Waals surface area contributed by atoms with E-state index >= 15 is 0 Å². The van der Waals surface area contributed by atoms with Crippen LogP contribution in [0.25, 0.3) is 0 Å². The quantitative estimate of drug-likeness (QED) is 0.597. The second-order valence-electron chi connectivity index (χ2n) is 4.95. The summed E-state index contributed by atoms with van der Waals surface area (Å²) in [5.74, 6) is -3.11. The van der Waals surface area contributed by atoms with E-state index in [1.807, 2.05) is 0 Å². The number of anilines is 1. The van der Waals surface area contributed by atoms with Gasteiger partial charge >= 0.3 is 6.18 Å². The first-order valence-electron chi connectivity index (χ1n) is 6.43. The molecule has 4 nitrogen and oxygen atoms in total. The summed E-state index contributed by atoms with van der Waals surface area (Å²) in [5, 5.41) is 0. The zero-order chi connectivity index (χ0) is 16.9. The maximum Gasteiger partial charge on any atom is 0.418 e. The number of fused-ring (bicyclic) bond motifs is 1. The summed E-state index contributed by atoms with van der Waals surface area (Å²) >= 11 is 0. The van der Waals surface area contributed by atoms with Gasteiger partial charge in [-0.2, -0.15) is 13.2 Å². The molecule has 0 spiro atoms. The van der Waals surface area contributed by atoms with E-state index in [0.29, 0.717) is 4.90 Å². The number of carbonyl (C=O) groups is 2. The molecule has 2 aromatic rings. The number of nitrogens with zero attached hydrogens (tertiary/aromatic N) is 2. The van der Waals surface area contributed by atoms with E-state index in [1.54, 1.807) is 0 Å². The van der Waals surface area contributed by atoms with Gasteiger partial charge in [0.2, 0.25) is 0 Å². The van der Waals surface area contributed by atoms with Gasteiger partial charge in [0.1, 0.15) is 5.82 Å². The van der Waals surface area contributed by atoms with E-state index in [4.69, 9.17) is 0 Å². The third-order valence-corrected chi connectivity index (χ3v) is 3.43. The molecule has 2 amide bonds. The molecule has 118 valence electrons. The highest BCUT2D eigenvalue weighted by Gasteiger charge is 2.44. The van der Waals surface area contributed by atoms with Crippen molar-refractivity contribution in [1.29, 1.82) is 0 Å². The standard InChI is InChI=1S/C15H8F4N2O2/c1-7-5-9(15(17,18)19)11(6-20-7)21-13(22)8-3-2-4-10(16)12(8)14(21)23/h2-6H,1H3. The molecule has 0 saturated heterocycles. The Morgan fingerprint density at radius 2 is 1.83 bits per heavy atom. The van der Waals surface area contributed by atoms with Gasteiger partial charge in [0.25, 0.3) is 11.8 Å². The third-order valence-electron chi connectivity index (χ3n) is 3.43. The van der Waals surface area contributed by atoms with Crippen LogP contribution in [-0.4, -0.2) is 16.8 Å². The number of imide groups is 1. The van der Waals surface area contributed by atoms with Crippen LogP contribution < -0.4 is 4.90 Å². The molecule has 0 saturated carbocycles. The molecule has 1 aliphatic heterocycles. The van der Waals surface area contributed by atoms with Gasteiger partial charge in [0, 0.05) is 5.69 Å². The first-order valence-corrected chi connectivity index (χ1v) is 6.43. The summed E-state index contributed by atoms with van der Waals surface area (Å²) in [4.78, 5) is 28.6. The zero-order valence-electron chi connectivity index (χ0n) is 11.6. The summed E-state index contributed by atoms with van der Waals surface area (Å²) in [6, 6.07) is 4.09. The molecule has 0 unspecified atom stereocenters. The van der Waals surface area contributed by atoms with E-state index in [-0.39, 0.29) is 11.3 Å². The average molecular weight is 324 g/mol. The number of rotatable bonds is 1. The SMILES string of the molecule is Cc1cc(C(F)(F)F)c(N2C(=O)c3cccc(F)c3C2=O)cn1. The number of hydrogen-bond acceptors (Lipinski definition) is 3. The minimum absolute atomic E-state index is 0.0730. The van der Waals surface area contributed by atoms with Crippen molar-refractivity contribution in [2.24, 2.45) is 0 Å². The van der Waals surface area contributed by atoms with E-state index < -0.39 is 40.6 Å². The van der Waals surface area contributed by atoms with Crippen molar-refractivity contribution in [2.75, 3.05) is 4.90 Å². The Morgan fingerprint density at radius 1 is 1.13 bits per heavy atom. The lowest BCUT2D eigenvalue weighted by molar-refractivity contribution is -0.137. The minimum atomic E-state index is -4.79. The summed E-state index contributed by atoms with van der Waals surface area (Å²) in [6.45, 7) is 1.35. The molecule has 0 N–H and O–H groups in total. The zero-order valence-corrected chi connectivity index (χ0v) is 11.6. The first kappa shape index (κ1) is 15.1. The molecule has 2 heterocycles. The van der Waals surface area contributed by atoms with Crippen molar-refractivity contribution < 1.29 is 27.2 Å². The summed E-state index contributed by atoms with van der Waals surface area (Å²) in [7, 11) is 0. The second kappa shape index (κ2) is 4.87. The van der Waals surface area contributed by atoms with Gasteiger partial charge in [0.05, 0.1) is 28.6 Å². The van der Waals surface area contributed by atoms with Crippen molar-refractivity contribution in [1.82, 2.24) is 4.98 Å². The number of benzene rings is 1. The number of pyridine rings is 1. The topological polar surface area (TPSA) is 50.3 Å². The van der Waals surface area contributed by atoms with Crippen molar-refractivity contribution in [2.45, 2.75) is 13.1 Å². The number of carbonyl (C=O) groups excluding carboxylic acids is 2. The molecule has 1 aromatic carbocycles. The number of hydrogen-bond donors (Lipinski definition) is 0. The van der Waals surface area contributed by atoms with Crippen LogP contribution >= 0.6 is 0 Å². The Bertz CT molecular complexity index is 846. The van der Waals surface area contributed by atoms with Gasteiger partial charge < -0.3 is 0 Å². The van der Waals surface area contributed by atoms with Gasteiger partial charge in [-0.05, 0) is 25.1 Å². The predicted molar refractivity (Wildman–Crippen MR) is 71.5 cm³/mol. The van der Waals surface area contributed by atoms with Crippen LogP contribution in [0.3, 0.4) is 0 Å². The van der Waals surface area contributed by atoms with E-state index in [2.05, 4.69) is 4.98 Å². The van der Waals surface area contributed by atoms with Crippen molar-refractivity contribution in [3.63, 3.8) is 0 Å². The van der Waals surface area contributed by atoms with Crippen LogP contribution in [0.2, 0.25) is 0 Å². The maximum absolute atomic E-state index is 13.8. The lowest BCUT2D eigenvalue weighted by Crippen LogP contribution is -2.32. The third kappa shape index (κ3) is 2.26. The molecule has 1 aliphatic rings. The lowest BCUT2D eigenvalue weighted by atomic mass is 10.1.